The van der Waals surface area contributed by atoms with E-state index in [0.29, 0.717) is 6.54 Å². The number of benzene rings is 1. The second-order valence-electron chi connectivity index (χ2n) is 5.52. The zero-order valence-electron chi connectivity index (χ0n) is 11.0. The predicted octanol–water partition coefficient (Wildman–Crippen LogP) is 1.55. The lowest BCUT2D eigenvalue weighted by molar-refractivity contribution is 0.0916. The largest absolute Gasteiger partial charge is 0.393 e. The minimum absolute atomic E-state index is 0.0335. The highest BCUT2D eigenvalue weighted by Crippen LogP contribution is 2.25. The third-order valence-corrected chi connectivity index (χ3v) is 4.22. The van der Waals surface area contributed by atoms with Gasteiger partial charge in [-0.1, -0.05) is 6.42 Å². The number of aliphatic hydroxyl groups excluding tert-OH is 1. The number of rotatable bonds is 3. The van der Waals surface area contributed by atoms with E-state index >= 15 is 0 Å². The fourth-order valence-electron chi connectivity index (χ4n) is 3.03. The van der Waals surface area contributed by atoms with Crippen LogP contribution in [0.1, 0.15) is 35.2 Å². The van der Waals surface area contributed by atoms with Crippen molar-refractivity contribution in [2.45, 2.75) is 31.8 Å². The number of nitrogens with one attached hydrogen (secondary N) is 2. The van der Waals surface area contributed by atoms with E-state index in [1.54, 1.807) is 0 Å². The summed E-state index contributed by atoms with van der Waals surface area (Å²) < 4.78 is 0. The lowest BCUT2D eigenvalue weighted by atomic mass is 10.1. The van der Waals surface area contributed by atoms with Crippen molar-refractivity contribution in [3.8, 4) is 0 Å². The second-order valence-corrected chi connectivity index (χ2v) is 5.52. The van der Waals surface area contributed by atoms with Crippen LogP contribution in [0.4, 0.5) is 5.69 Å². The Bertz CT molecular complexity index is 487. The Kier molecular flexibility index (Phi) is 3.42. The van der Waals surface area contributed by atoms with Crippen molar-refractivity contribution in [3.63, 3.8) is 0 Å². The molecule has 2 aliphatic rings. The van der Waals surface area contributed by atoms with Gasteiger partial charge in [0.15, 0.2) is 0 Å². The maximum atomic E-state index is 12.1. The van der Waals surface area contributed by atoms with E-state index in [9.17, 15) is 9.90 Å². The summed E-state index contributed by atoms with van der Waals surface area (Å²) in [5.74, 6) is 0.189. The van der Waals surface area contributed by atoms with Gasteiger partial charge in [0.1, 0.15) is 0 Å². The number of anilines is 1. The summed E-state index contributed by atoms with van der Waals surface area (Å²) in [5, 5.41) is 16.0. The van der Waals surface area contributed by atoms with Gasteiger partial charge in [-0.15, -0.1) is 0 Å². The maximum absolute atomic E-state index is 12.1. The fraction of sp³-hybridized carbons (Fsp3) is 0.533. The van der Waals surface area contributed by atoms with Gasteiger partial charge < -0.3 is 15.7 Å². The van der Waals surface area contributed by atoms with E-state index in [1.807, 2.05) is 18.2 Å². The monoisotopic (exact) mass is 260 g/mol. The SMILES string of the molecule is O=C(NCC1CCCC1O)c1ccc2c(c1)CCN2. The summed E-state index contributed by atoms with van der Waals surface area (Å²) in [6.45, 7) is 1.53. The van der Waals surface area contributed by atoms with Crippen LogP contribution in [0.15, 0.2) is 18.2 Å². The van der Waals surface area contributed by atoms with Crippen LogP contribution in [0.25, 0.3) is 0 Å². The summed E-state index contributed by atoms with van der Waals surface area (Å²) in [6, 6.07) is 5.80. The molecule has 1 saturated carbocycles. The van der Waals surface area contributed by atoms with E-state index in [-0.39, 0.29) is 17.9 Å². The summed E-state index contributed by atoms with van der Waals surface area (Å²) in [5.41, 5.74) is 3.08. The molecule has 0 spiro atoms. The number of hydrogen-bond donors (Lipinski definition) is 3. The molecule has 0 saturated heterocycles. The van der Waals surface area contributed by atoms with E-state index < -0.39 is 0 Å². The first-order valence-corrected chi connectivity index (χ1v) is 7.07. The molecule has 1 fully saturated rings. The number of amides is 1. The van der Waals surface area contributed by atoms with Gasteiger partial charge in [-0.2, -0.15) is 0 Å². The molecule has 0 aromatic heterocycles. The Labute approximate surface area is 113 Å². The van der Waals surface area contributed by atoms with E-state index in [1.165, 1.54) is 5.56 Å². The number of aliphatic hydroxyl groups is 1. The average molecular weight is 260 g/mol. The molecule has 4 heteroatoms. The molecule has 0 bridgehead atoms. The first kappa shape index (κ1) is 12.5. The molecule has 19 heavy (non-hydrogen) atoms. The van der Waals surface area contributed by atoms with Crippen LogP contribution in [-0.2, 0) is 6.42 Å². The van der Waals surface area contributed by atoms with Crippen molar-refractivity contribution in [1.82, 2.24) is 5.32 Å². The highest BCUT2D eigenvalue weighted by molar-refractivity contribution is 5.95. The third kappa shape index (κ3) is 2.59. The number of fused-ring (bicyclic) bond motifs is 1. The third-order valence-electron chi connectivity index (χ3n) is 4.22. The molecular formula is C15H20N2O2. The maximum Gasteiger partial charge on any atom is 0.251 e. The minimum Gasteiger partial charge on any atom is -0.393 e. The summed E-state index contributed by atoms with van der Waals surface area (Å²) in [7, 11) is 0. The minimum atomic E-state index is -0.246. The molecule has 1 aliphatic carbocycles. The number of hydrogen-bond acceptors (Lipinski definition) is 3. The van der Waals surface area contributed by atoms with Crippen molar-refractivity contribution < 1.29 is 9.90 Å². The average Bonchev–Trinajstić information content (AvgIpc) is 3.03. The summed E-state index contributed by atoms with van der Waals surface area (Å²) in [6.07, 6.45) is 3.68. The van der Waals surface area contributed by atoms with Gasteiger partial charge in [-0.05, 0) is 43.0 Å². The molecule has 3 N–H and O–H groups in total. The fourth-order valence-corrected chi connectivity index (χ4v) is 3.03. The standard InChI is InChI=1S/C15H20N2O2/c18-14-3-1-2-12(14)9-17-15(19)11-4-5-13-10(8-11)6-7-16-13/h4-5,8,12,14,16,18H,1-3,6-7,9H2,(H,17,19). The first-order chi connectivity index (χ1) is 9.24. The lowest BCUT2D eigenvalue weighted by Gasteiger charge is -2.15. The molecule has 2 atom stereocenters. The van der Waals surface area contributed by atoms with Crippen LogP contribution in [0.5, 0.6) is 0 Å². The number of carbonyl (C=O) groups is 1. The molecule has 1 amide bonds. The predicted molar refractivity (Wildman–Crippen MR) is 74.3 cm³/mol. The van der Waals surface area contributed by atoms with Gasteiger partial charge in [-0.25, -0.2) is 0 Å². The quantitative estimate of drug-likeness (QED) is 0.772. The topological polar surface area (TPSA) is 61.4 Å². The van der Waals surface area contributed by atoms with Crippen LogP contribution in [0.2, 0.25) is 0 Å². The Morgan fingerprint density at radius 1 is 1.42 bits per heavy atom. The van der Waals surface area contributed by atoms with Crippen molar-refractivity contribution in [3.05, 3.63) is 29.3 Å². The highest BCUT2D eigenvalue weighted by atomic mass is 16.3. The van der Waals surface area contributed by atoms with Gasteiger partial charge >= 0.3 is 0 Å². The Morgan fingerprint density at radius 2 is 2.32 bits per heavy atom. The zero-order valence-corrected chi connectivity index (χ0v) is 11.0. The van der Waals surface area contributed by atoms with E-state index in [4.69, 9.17) is 0 Å². The van der Waals surface area contributed by atoms with Crippen LogP contribution >= 0.6 is 0 Å². The first-order valence-electron chi connectivity index (χ1n) is 7.07. The lowest BCUT2D eigenvalue weighted by Crippen LogP contribution is -2.32. The van der Waals surface area contributed by atoms with Crippen LogP contribution in [0, 0.1) is 5.92 Å². The van der Waals surface area contributed by atoms with Gasteiger partial charge in [0, 0.05) is 30.3 Å². The van der Waals surface area contributed by atoms with Crippen molar-refractivity contribution in [1.29, 1.82) is 0 Å². The molecule has 2 unspecified atom stereocenters. The zero-order chi connectivity index (χ0) is 13.2. The van der Waals surface area contributed by atoms with Crippen molar-refractivity contribution in [2.75, 3.05) is 18.4 Å². The molecule has 1 heterocycles. The molecule has 3 rings (SSSR count). The molecule has 102 valence electrons. The molecule has 1 aromatic carbocycles. The second kappa shape index (κ2) is 5.21. The smallest absolute Gasteiger partial charge is 0.251 e. The molecule has 1 aliphatic heterocycles. The Hall–Kier alpha value is -1.55. The van der Waals surface area contributed by atoms with Gasteiger partial charge in [0.05, 0.1) is 6.10 Å². The number of carbonyl (C=O) groups excluding carboxylic acids is 1. The van der Waals surface area contributed by atoms with Crippen LogP contribution < -0.4 is 10.6 Å². The van der Waals surface area contributed by atoms with Crippen LogP contribution in [-0.4, -0.2) is 30.2 Å². The van der Waals surface area contributed by atoms with Crippen molar-refractivity contribution >= 4 is 11.6 Å². The summed E-state index contributed by atoms with van der Waals surface area (Å²) >= 11 is 0. The summed E-state index contributed by atoms with van der Waals surface area (Å²) in [4.78, 5) is 12.1. The van der Waals surface area contributed by atoms with Crippen LogP contribution in [0.3, 0.4) is 0 Å². The molecule has 0 radical (unpaired) electrons. The molecule has 4 nitrogen and oxygen atoms in total. The molecular weight excluding hydrogens is 240 g/mol. The van der Waals surface area contributed by atoms with Crippen molar-refractivity contribution in [2.24, 2.45) is 5.92 Å². The van der Waals surface area contributed by atoms with Gasteiger partial charge in [0.2, 0.25) is 0 Å². The van der Waals surface area contributed by atoms with Gasteiger partial charge in [0.25, 0.3) is 5.91 Å². The normalized spacial score (nSPS) is 24.9. The molecule has 1 aromatic rings. The Morgan fingerprint density at radius 3 is 3.11 bits per heavy atom. The highest BCUT2D eigenvalue weighted by Gasteiger charge is 2.25. The van der Waals surface area contributed by atoms with Gasteiger partial charge in [-0.3, -0.25) is 4.79 Å². The Balaban J connectivity index is 1.61. The van der Waals surface area contributed by atoms with E-state index in [0.717, 1.165) is 43.5 Å². The van der Waals surface area contributed by atoms with E-state index in [2.05, 4.69) is 10.6 Å².